The number of rotatable bonds is 5. The molecule has 0 radical (unpaired) electrons. The smallest absolute Gasteiger partial charge is 0.0392 e. The van der Waals surface area contributed by atoms with Crippen molar-refractivity contribution in [2.24, 2.45) is 5.92 Å². The molecule has 0 spiro atoms. The summed E-state index contributed by atoms with van der Waals surface area (Å²) in [7, 11) is 0. The highest BCUT2D eigenvalue weighted by atomic mass is 14.0. The first kappa shape index (κ1) is 22.5. The van der Waals surface area contributed by atoms with Crippen LogP contribution in [0, 0.1) is 26.7 Å². The molecule has 1 aromatic rings. The molecule has 0 atom stereocenters. The molecule has 0 heteroatoms. The molecule has 1 rings (SSSR count). The van der Waals surface area contributed by atoms with Crippen LogP contribution in [-0.4, -0.2) is 0 Å². The largest absolute Gasteiger partial charge is 0.0654 e. The SMILES string of the molecule is CCCC.CCCCCC(C)C.Cc1cccc(C)c1C. The van der Waals surface area contributed by atoms with Crippen LogP contribution in [0.5, 0.6) is 0 Å². The third kappa shape index (κ3) is 15.4. The normalized spacial score (nSPS) is 9.57. The van der Waals surface area contributed by atoms with Gasteiger partial charge in [0.2, 0.25) is 0 Å². The van der Waals surface area contributed by atoms with Crippen LogP contribution in [0.3, 0.4) is 0 Å². The molecule has 0 nitrogen and oxygen atoms in total. The summed E-state index contributed by atoms with van der Waals surface area (Å²) >= 11 is 0. The lowest BCUT2D eigenvalue weighted by atomic mass is 10.1. The zero-order valence-corrected chi connectivity index (χ0v) is 16.1. The van der Waals surface area contributed by atoms with E-state index in [1.165, 1.54) is 55.2 Å². The quantitative estimate of drug-likeness (QED) is 0.489. The van der Waals surface area contributed by atoms with Crippen molar-refractivity contribution >= 4 is 0 Å². The van der Waals surface area contributed by atoms with Crippen molar-refractivity contribution in [3.05, 3.63) is 34.9 Å². The minimum absolute atomic E-state index is 0.904. The predicted molar refractivity (Wildman–Crippen MR) is 100 cm³/mol. The summed E-state index contributed by atoms with van der Waals surface area (Å²) in [5.74, 6) is 0.904. The molecule has 124 valence electrons. The zero-order chi connectivity index (χ0) is 16.7. The second-order valence-corrected chi connectivity index (χ2v) is 6.41. The third-order valence-electron chi connectivity index (χ3n) is 3.76. The summed E-state index contributed by atoms with van der Waals surface area (Å²) in [6, 6.07) is 6.38. The van der Waals surface area contributed by atoms with Crippen molar-refractivity contribution in [3.8, 4) is 0 Å². The van der Waals surface area contributed by atoms with Crippen molar-refractivity contribution in [1.82, 2.24) is 0 Å². The second-order valence-electron chi connectivity index (χ2n) is 6.41. The van der Waals surface area contributed by atoms with Gasteiger partial charge in [-0.1, -0.05) is 91.3 Å². The molecule has 0 aliphatic rings. The van der Waals surface area contributed by atoms with Gasteiger partial charge in [-0.05, 0) is 43.4 Å². The monoisotopic (exact) mass is 292 g/mol. The molecular formula is C21H40. The Bertz CT molecular complexity index is 301. The Balaban J connectivity index is 0. The van der Waals surface area contributed by atoms with Gasteiger partial charge in [0.1, 0.15) is 0 Å². The lowest BCUT2D eigenvalue weighted by Crippen LogP contribution is -1.85. The predicted octanol–water partition coefficient (Wildman–Crippen LogP) is 7.64. The lowest BCUT2D eigenvalue weighted by molar-refractivity contribution is 0.534. The van der Waals surface area contributed by atoms with E-state index in [1.54, 1.807) is 0 Å². The molecule has 0 aromatic heterocycles. The highest BCUT2D eigenvalue weighted by Crippen LogP contribution is 2.10. The summed E-state index contributed by atoms with van der Waals surface area (Å²) < 4.78 is 0. The van der Waals surface area contributed by atoms with Crippen molar-refractivity contribution in [2.75, 3.05) is 0 Å². The molecule has 0 aliphatic heterocycles. The van der Waals surface area contributed by atoms with Gasteiger partial charge in [-0.15, -0.1) is 0 Å². The van der Waals surface area contributed by atoms with E-state index in [0.29, 0.717) is 0 Å². The number of benzene rings is 1. The summed E-state index contributed by atoms with van der Waals surface area (Å²) in [4.78, 5) is 0. The van der Waals surface area contributed by atoms with Crippen LogP contribution in [0.1, 0.15) is 89.8 Å². The highest BCUT2D eigenvalue weighted by molar-refractivity contribution is 5.31. The van der Waals surface area contributed by atoms with Crippen LogP contribution in [0.15, 0.2) is 18.2 Å². The molecule has 0 amide bonds. The van der Waals surface area contributed by atoms with Crippen LogP contribution in [-0.2, 0) is 0 Å². The Kier molecular flexibility index (Phi) is 16.7. The van der Waals surface area contributed by atoms with Gasteiger partial charge >= 0.3 is 0 Å². The molecule has 0 unspecified atom stereocenters. The van der Waals surface area contributed by atoms with Crippen LogP contribution >= 0.6 is 0 Å². The fraction of sp³-hybridized carbons (Fsp3) is 0.714. The Hall–Kier alpha value is -0.780. The molecule has 0 aliphatic carbocycles. The van der Waals surface area contributed by atoms with Gasteiger partial charge in [-0.25, -0.2) is 0 Å². The van der Waals surface area contributed by atoms with Gasteiger partial charge in [-0.2, -0.15) is 0 Å². The fourth-order valence-corrected chi connectivity index (χ4v) is 1.70. The summed E-state index contributed by atoms with van der Waals surface area (Å²) in [6.07, 6.45) is 8.24. The van der Waals surface area contributed by atoms with E-state index in [1.807, 2.05) is 0 Å². The lowest BCUT2D eigenvalue weighted by Gasteiger charge is -2.00. The molecule has 0 saturated heterocycles. The van der Waals surface area contributed by atoms with Crippen molar-refractivity contribution < 1.29 is 0 Å². The zero-order valence-electron chi connectivity index (χ0n) is 16.1. The van der Waals surface area contributed by atoms with Gasteiger partial charge in [0.25, 0.3) is 0 Å². The van der Waals surface area contributed by atoms with Gasteiger partial charge in [0.05, 0.1) is 0 Å². The molecular weight excluding hydrogens is 252 g/mol. The van der Waals surface area contributed by atoms with Crippen molar-refractivity contribution in [1.29, 1.82) is 0 Å². The standard InChI is InChI=1S/C9H12.C8H18.C4H10/c1-7-5-4-6-8(2)9(7)3;1-4-5-6-7-8(2)3;1-3-4-2/h4-6H,1-3H3;8H,4-7H2,1-3H3;3-4H2,1-2H3. The maximum atomic E-state index is 2.29. The first-order valence-electron chi connectivity index (χ1n) is 8.93. The number of aryl methyl sites for hydroxylation is 2. The van der Waals surface area contributed by atoms with Crippen molar-refractivity contribution in [3.63, 3.8) is 0 Å². The maximum absolute atomic E-state index is 2.29. The summed E-state index contributed by atoms with van der Waals surface area (Å²) in [5, 5.41) is 0. The Morgan fingerprint density at radius 2 is 1.24 bits per heavy atom. The molecule has 1 aromatic carbocycles. The Morgan fingerprint density at radius 3 is 1.52 bits per heavy atom. The van der Waals surface area contributed by atoms with Crippen LogP contribution in [0.25, 0.3) is 0 Å². The molecule has 0 saturated carbocycles. The Labute approximate surface area is 135 Å². The van der Waals surface area contributed by atoms with Crippen LogP contribution < -0.4 is 0 Å². The summed E-state index contributed by atoms with van der Waals surface area (Å²) in [6.45, 7) is 17.6. The maximum Gasteiger partial charge on any atom is -0.0392 e. The first-order chi connectivity index (χ1) is 9.90. The highest BCUT2D eigenvalue weighted by Gasteiger charge is 1.92. The van der Waals surface area contributed by atoms with E-state index in [0.717, 1.165) is 5.92 Å². The first-order valence-corrected chi connectivity index (χ1v) is 8.93. The number of hydrogen-bond acceptors (Lipinski definition) is 0. The molecule has 21 heavy (non-hydrogen) atoms. The molecule has 0 fully saturated rings. The van der Waals surface area contributed by atoms with Gasteiger partial charge in [0.15, 0.2) is 0 Å². The number of hydrogen-bond donors (Lipinski definition) is 0. The molecule has 0 bridgehead atoms. The minimum Gasteiger partial charge on any atom is -0.0654 e. The topological polar surface area (TPSA) is 0 Å². The van der Waals surface area contributed by atoms with E-state index in [-0.39, 0.29) is 0 Å². The van der Waals surface area contributed by atoms with Gasteiger partial charge < -0.3 is 0 Å². The average Bonchev–Trinajstić information content (AvgIpc) is 2.45. The van der Waals surface area contributed by atoms with Crippen LogP contribution in [0.4, 0.5) is 0 Å². The van der Waals surface area contributed by atoms with E-state index >= 15 is 0 Å². The minimum atomic E-state index is 0.904. The number of unbranched alkanes of at least 4 members (excludes halogenated alkanes) is 3. The van der Waals surface area contributed by atoms with E-state index in [4.69, 9.17) is 0 Å². The van der Waals surface area contributed by atoms with Gasteiger partial charge in [-0.3, -0.25) is 0 Å². The summed E-state index contributed by atoms with van der Waals surface area (Å²) in [5.41, 5.74) is 4.18. The van der Waals surface area contributed by atoms with Gasteiger partial charge in [0, 0.05) is 0 Å². The van der Waals surface area contributed by atoms with Crippen molar-refractivity contribution in [2.45, 2.75) is 93.9 Å². The van der Waals surface area contributed by atoms with E-state index in [9.17, 15) is 0 Å². The molecule has 0 heterocycles. The molecule has 0 N–H and O–H groups in total. The van der Waals surface area contributed by atoms with E-state index in [2.05, 4.69) is 73.6 Å². The van der Waals surface area contributed by atoms with E-state index < -0.39 is 0 Å². The van der Waals surface area contributed by atoms with Crippen LogP contribution in [0.2, 0.25) is 0 Å². The second kappa shape index (κ2) is 15.6. The average molecular weight is 293 g/mol. The Morgan fingerprint density at radius 1 is 0.762 bits per heavy atom. The third-order valence-corrected chi connectivity index (χ3v) is 3.76. The fourth-order valence-electron chi connectivity index (χ4n) is 1.70.